The zero-order chi connectivity index (χ0) is 16.5. The highest BCUT2D eigenvalue weighted by molar-refractivity contribution is 5.81. The Hall–Kier alpha value is -2.75. The Kier molecular flexibility index (Phi) is 6.24. The van der Waals surface area contributed by atoms with Crippen LogP contribution < -0.4 is 4.74 Å². The van der Waals surface area contributed by atoms with Gasteiger partial charge in [-0.3, -0.25) is 0 Å². The minimum absolute atomic E-state index is 0.257. The van der Waals surface area contributed by atoms with E-state index in [1.807, 2.05) is 36.4 Å². The summed E-state index contributed by atoms with van der Waals surface area (Å²) in [5.74, 6) is 0.666. The number of aromatic hydroxyl groups is 1. The Morgan fingerprint density at radius 2 is 1.52 bits per heavy atom. The SMILES string of the molecule is C=CC(=O)OCCCCOc1ccc(-c2ccc(O)cc2)cc1. The second-order valence-corrected chi connectivity index (χ2v) is 5.00. The number of hydrogen-bond acceptors (Lipinski definition) is 4. The molecule has 4 nitrogen and oxygen atoms in total. The molecule has 0 bridgehead atoms. The van der Waals surface area contributed by atoms with Crippen LogP contribution in [0.3, 0.4) is 0 Å². The standard InChI is InChI=1S/C19H20O4/c1-2-19(21)23-14-4-3-13-22-18-11-7-16(8-12-18)15-5-9-17(20)10-6-15/h2,5-12,20H,1,3-4,13-14H2. The van der Waals surface area contributed by atoms with Crippen LogP contribution in [0.4, 0.5) is 0 Å². The van der Waals surface area contributed by atoms with Gasteiger partial charge in [0, 0.05) is 6.08 Å². The lowest BCUT2D eigenvalue weighted by atomic mass is 10.1. The van der Waals surface area contributed by atoms with Crippen molar-refractivity contribution in [2.75, 3.05) is 13.2 Å². The van der Waals surface area contributed by atoms with Crippen molar-refractivity contribution in [2.24, 2.45) is 0 Å². The van der Waals surface area contributed by atoms with Crippen molar-refractivity contribution >= 4 is 5.97 Å². The first-order chi connectivity index (χ1) is 11.2. The van der Waals surface area contributed by atoms with Gasteiger partial charge in [0.05, 0.1) is 13.2 Å². The van der Waals surface area contributed by atoms with Gasteiger partial charge in [-0.1, -0.05) is 30.8 Å². The Bertz CT molecular complexity index is 629. The Morgan fingerprint density at radius 1 is 0.957 bits per heavy atom. The number of rotatable bonds is 8. The lowest BCUT2D eigenvalue weighted by Gasteiger charge is -2.08. The third kappa shape index (κ3) is 5.51. The van der Waals surface area contributed by atoms with E-state index in [2.05, 4.69) is 6.58 Å². The molecule has 0 saturated heterocycles. The van der Waals surface area contributed by atoms with Gasteiger partial charge in [0.25, 0.3) is 0 Å². The summed E-state index contributed by atoms with van der Waals surface area (Å²) in [4.78, 5) is 10.8. The van der Waals surface area contributed by atoms with E-state index in [4.69, 9.17) is 9.47 Å². The maximum absolute atomic E-state index is 10.8. The van der Waals surface area contributed by atoms with Gasteiger partial charge in [-0.2, -0.15) is 0 Å². The molecule has 0 saturated carbocycles. The van der Waals surface area contributed by atoms with Crippen LogP contribution in [0.15, 0.2) is 61.2 Å². The Balaban J connectivity index is 1.74. The van der Waals surface area contributed by atoms with Crippen LogP contribution in [0.2, 0.25) is 0 Å². The zero-order valence-electron chi connectivity index (χ0n) is 12.9. The summed E-state index contributed by atoms with van der Waals surface area (Å²) in [5, 5.41) is 9.30. The molecule has 1 N–H and O–H groups in total. The zero-order valence-corrected chi connectivity index (χ0v) is 12.9. The predicted molar refractivity (Wildman–Crippen MR) is 89.4 cm³/mol. The van der Waals surface area contributed by atoms with Gasteiger partial charge >= 0.3 is 5.97 Å². The lowest BCUT2D eigenvalue weighted by molar-refractivity contribution is -0.137. The molecule has 0 spiro atoms. The van der Waals surface area contributed by atoms with Gasteiger partial charge in [0.1, 0.15) is 11.5 Å². The third-order valence-corrected chi connectivity index (χ3v) is 3.27. The minimum atomic E-state index is -0.393. The summed E-state index contributed by atoms with van der Waals surface area (Å²) in [7, 11) is 0. The minimum Gasteiger partial charge on any atom is -0.508 e. The molecule has 120 valence electrons. The van der Waals surface area contributed by atoms with Crippen molar-refractivity contribution < 1.29 is 19.4 Å². The highest BCUT2D eigenvalue weighted by Gasteiger charge is 2.00. The Morgan fingerprint density at radius 3 is 2.13 bits per heavy atom. The number of phenols is 1. The largest absolute Gasteiger partial charge is 0.508 e. The fourth-order valence-corrected chi connectivity index (χ4v) is 2.02. The van der Waals surface area contributed by atoms with E-state index < -0.39 is 5.97 Å². The van der Waals surface area contributed by atoms with Gasteiger partial charge in [-0.05, 0) is 48.2 Å². The van der Waals surface area contributed by atoms with Crippen LogP contribution in [0.25, 0.3) is 11.1 Å². The highest BCUT2D eigenvalue weighted by Crippen LogP contribution is 2.24. The molecule has 0 amide bonds. The normalized spacial score (nSPS) is 10.1. The predicted octanol–water partition coefficient (Wildman–Crippen LogP) is 3.95. The van der Waals surface area contributed by atoms with Crippen molar-refractivity contribution in [1.82, 2.24) is 0 Å². The van der Waals surface area contributed by atoms with Crippen molar-refractivity contribution in [3.63, 3.8) is 0 Å². The number of phenolic OH excluding ortho intramolecular Hbond substituents is 1. The summed E-state index contributed by atoms with van der Waals surface area (Å²) in [6.07, 6.45) is 2.72. The first-order valence-corrected chi connectivity index (χ1v) is 7.50. The molecular formula is C19H20O4. The molecule has 2 rings (SSSR count). The van der Waals surface area contributed by atoms with Gasteiger partial charge in [0.2, 0.25) is 0 Å². The fourth-order valence-electron chi connectivity index (χ4n) is 2.02. The number of carbonyl (C=O) groups excluding carboxylic acids is 1. The molecule has 0 unspecified atom stereocenters. The van der Waals surface area contributed by atoms with E-state index in [9.17, 15) is 9.90 Å². The van der Waals surface area contributed by atoms with Crippen molar-refractivity contribution in [3.05, 3.63) is 61.2 Å². The molecule has 0 heterocycles. The van der Waals surface area contributed by atoms with Crippen LogP contribution in [0.1, 0.15) is 12.8 Å². The first-order valence-electron chi connectivity index (χ1n) is 7.50. The Labute approximate surface area is 136 Å². The van der Waals surface area contributed by atoms with E-state index in [0.717, 1.165) is 35.8 Å². The number of benzene rings is 2. The van der Waals surface area contributed by atoms with Crippen LogP contribution in [-0.2, 0) is 9.53 Å². The fraction of sp³-hybridized carbons (Fsp3) is 0.211. The highest BCUT2D eigenvalue weighted by atomic mass is 16.5. The molecule has 2 aromatic rings. The molecule has 0 atom stereocenters. The summed E-state index contributed by atoms with van der Waals surface area (Å²) in [5.41, 5.74) is 2.10. The van der Waals surface area contributed by atoms with E-state index in [0.29, 0.717) is 13.2 Å². The van der Waals surface area contributed by atoms with Crippen molar-refractivity contribution in [3.8, 4) is 22.6 Å². The summed E-state index contributed by atoms with van der Waals surface area (Å²) in [6.45, 7) is 4.29. The van der Waals surface area contributed by atoms with E-state index in [1.54, 1.807) is 12.1 Å². The molecule has 0 aliphatic rings. The molecule has 4 heteroatoms. The van der Waals surface area contributed by atoms with Crippen LogP contribution in [-0.4, -0.2) is 24.3 Å². The molecule has 0 aromatic heterocycles. The smallest absolute Gasteiger partial charge is 0.330 e. The van der Waals surface area contributed by atoms with Gasteiger partial charge in [0.15, 0.2) is 0 Å². The second-order valence-electron chi connectivity index (χ2n) is 5.00. The van der Waals surface area contributed by atoms with Gasteiger partial charge in [-0.25, -0.2) is 4.79 Å². The lowest BCUT2D eigenvalue weighted by Crippen LogP contribution is -2.04. The average Bonchev–Trinajstić information content (AvgIpc) is 2.59. The number of ether oxygens (including phenoxy) is 2. The number of esters is 1. The first kappa shape index (κ1) is 16.6. The summed E-state index contributed by atoms with van der Waals surface area (Å²) < 4.78 is 10.5. The number of carbonyl (C=O) groups is 1. The molecule has 0 aliphatic heterocycles. The van der Waals surface area contributed by atoms with Gasteiger partial charge in [-0.15, -0.1) is 0 Å². The average molecular weight is 312 g/mol. The monoisotopic (exact) mass is 312 g/mol. The summed E-state index contributed by atoms with van der Waals surface area (Å²) >= 11 is 0. The van der Waals surface area contributed by atoms with E-state index in [-0.39, 0.29) is 5.75 Å². The molecule has 2 aromatic carbocycles. The summed E-state index contributed by atoms with van der Waals surface area (Å²) in [6, 6.07) is 14.9. The molecule has 0 fully saturated rings. The van der Waals surface area contributed by atoms with Crippen molar-refractivity contribution in [1.29, 1.82) is 0 Å². The second kappa shape index (κ2) is 8.63. The van der Waals surface area contributed by atoms with E-state index >= 15 is 0 Å². The molecular weight excluding hydrogens is 292 g/mol. The topological polar surface area (TPSA) is 55.8 Å². The van der Waals surface area contributed by atoms with Crippen LogP contribution >= 0.6 is 0 Å². The quantitative estimate of drug-likeness (QED) is 0.455. The number of unbranched alkanes of at least 4 members (excludes halogenated alkanes) is 1. The molecule has 0 radical (unpaired) electrons. The number of hydrogen-bond donors (Lipinski definition) is 1. The maximum atomic E-state index is 10.8. The van der Waals surface area contributed by atoms with Gasteiger partial charge < -0.3 is 14.6 Å². The molecule has 23 heavy (non-hydrogen) atoms. The van der Waals surface area contributed by atoms with Crippen LogP contribution in [0, 0.1) is 0 Å². The third-order valence-electron chi connectivity index (χ3n) is 3.27. The van der Waals surface area contributed by atoms with Crippen LogP contribution in [0.5, 0.6) is 11.5 Å². The molecule has 0 aliphatic carbocycles. The van der Waals surface area contributed by atoms with Crippen molar-refractivity contribution in [2.45, 2.75) is 12.8 Å². The van der Waals surface area contributed by atoms with E-state index in [1.165, 1.54) is 0 Å². The maximum Gasteiger partial charge on any atom is 0.330 e.